The minimum Gasteiger partial charge on any atom is -0.396 e. The van der Waals surface area contributed by atoms with Gasteiger partial charge in [-0.3, -0.25) is 5.41 Å². The van der Waals surface area contributed by atoms with E-state index in [2.05, 4.69) is 9.88 Å². The lowest BCUT2D eigenvalue weighted by molar-refractivity contribution is 0.263. The molecule has 1 aliphatic rings. The van der Waals surface area contributed by atoms with Crippen molar-refractivity contribution in [1.82, 2.24) is 4.98 Å². The molecule has 1 atom stereocenters. The van der Waals surface area contributed by atoms with Gasteiger partial charge >= 0.3 is 0 Å². The highest BCUT2D eigenvalue weighted by Gasteiger charge is 2.25. The molecule has 1 aromatic heterocycles. The molecule has 4 N–H and O–H groups in total. The van der Waals surface area contributed by atoms with Crippen LogP contribution in [0.15, 0.2) is 12.1 Å². The zero-order valence-corrected chi connectivity index (χ0v) is 10.7. The first-order valence-electron chi connectivity index (χ1n) is 6.29. The van der Waals surface area contributed by atoms with Crippen LogP contribution >= 0.6 is 0 Å². The molecule has 2 rings (SSSR count). The third kappa shape index (κ3) is 2.61. The molecule has 1 unspecified atom stereocenters. The van der Waals surface area contributed by atoms with E-state index in [1.807, 2.05) is 19.1 Å². The topological polar surface area (TPSA) is 86.2 Å². The van der Waals surface area contributed by atoms with Crippen LogP contribution in [0, 0.1) is 18.3 Å². The lowest BCUT2D eigenvalue weighted by atomic mass is 10.1. The molecule has 1 aliphatic heterocycles. The predicted octanol–water partition coefficient (Wildman–Crippen LogP) is 0.883. The maximum atomic E-state index is 8.98. The second-order valence-electron chi connectivity index (χ2n) is 4.85. The summed E-state index contributed by atoms with van der Waals surface area (Å²) in [6.07, 6.45) is 1.89. The van der Waals surface area contributed by atoms with Gasteiger partial charge in [0.25, 0.3) is 0 Å². The fraction of sp³-hybridized carbons (Fsp3) is 0.538. The number of anilines is 1. The molecule has 1 fully saturated rings. The number of hydrogen-bond donors (Lipinski definition) is 3. The number of nitrogen functional groups attached to an aromatic ring is 1. The second-order valence-corrected chi connectivity index (χ2v) is 4.85. The Bertz CT molecular complexity index is 447. The molecule has 1 saturated heterocycles. The van der Waals surface area contributed by atoms with Gasteiger partial charge in [-0.15, -0.1) is 0 Å². The molecule has 5 heteroatoms. The Morgan fingerprint density at radius 3 is 3.06 bits per heavy atom. The van der Waals surface area contributed by atoms with E-state index in [0.29, 0.717) is 11.5 Å². The minimum atomic E-state index is 0.0584. The van der Waals surface area contributed by atoms with Gasteiger partial charge in [-0.1, -0.05) is 0 Å². The molecule has 2 heterocycles. The van der Waals surface area contributed by atoms with Gasteiger partial charge in [0.1, 0.15) is 11.7 Å². The third-order valence-corrected chi connectivity index (χ3v) is 3.43. The number of aliphatic hydroxyl groups excluding tert-OH is 1. The maximum absolute atomic E-state index is 8.98. The van der Waals surface area contributed by atoms with Gasteiger partial charge in [0.05, 0.1) is 5.56 Å². The number of aryl methyl sites for hydroxylation is 1. The number of rotatable bonds is 4. The molecule has 0 aromatic carbocycles. The highest BCUT2D eigenvalue weighted by molar-refractivity contribution is 5.99. The van der Waals surface area contributed by atoms with Crippen LogP contribution < -0.4 is 10.6 Å². The largest absolute Gasteiger partial charge is 0.396 e. The summed E-state index contributed by atoms with van der Waals surface area (Å²) in [6, 6.07) is 3.74. The van der Waals surface area contributed by atoms with E-state index in [9.17, 15) is 0 Å². The van der Waals surface area contributed by atoms with E-state index >= 15 is 0 Å². The summed E-state index contributed by atoms with van der Waals surface area (Å²) in [6.45, 7) is 3.98. The summed E-state index contributed by atoms with van der Waals surface area (Å²) >= 11 is 0. The number of nitrogens with one attached hydrogen (secondary N) is 1. The monoisotopic (exact) mass is 248 g/mol. The number of pyridine rings is 1. The van der Waals surface area contributed by atoms with Crippen LogP contribution in [-0.2, 0) is 0 Å². The Hall–Kier alpha value is -1.62. The Kier molecular flexibility index (Phi) is 3.81. The molecule has 0 saturated carbocycles. The van der Waals surface area contributed by atoms with Crippen molar-refractivity contribution in [1.29, 1.82) is 5.41 Å². The van der Waals surface area contributed by atoms with Crippen molar-refractivity contribution in [3.05, 3.63) is 23.4 Å². The van der Waals surface area contributed by atoms with Crippen molar-refractivity contribution in [2.45, 2.75) is 19.8 Å². The lowest BCUT2D eigenvalue weighted by Gasteiger charge is -2.20. The summed E-state index contributed by atoms with van der Waals surface area (Å²) in [5.41, 5.74) is 7.23. The normalized spacial score (nSPS) is 19.2. The van der Waals surface area contributed by atoms with Gasteiger partial charge in [0.2, 0.25) is 0 Å². The van der Waals surface area contributed by atoms with Gasteiger partial charge in [0.15, 0.2) is 0 Å². The van der Waals surface area contributed by atoms with Gasteiger partial charge < -0.3 is 15.7 Å². The molecular weight excluding hydrogens is 228 g/mol. The van der Waals surface area contributed by atoms with Crippen LogP contribution in [0.5, 0.6) is 0 Å². The highest BCUT2D eigenvalue weighted by atomic mass is 16.3. The van der Waals surface area contributed by atoms with Crippen molar-refractivity contribution < 1.29 is 5.11 Å². The Balaban J connectivity index is 2.23. The highest BCUT2D eigenvalue weighted by Crippen LogP contribution is 2.26. The molecule has 0 radical (unpaired) electrons. The molecule has 0 aliphatic carbocycles. The molecule has 0 spiro atoms. The molecule has 0 bridgehead atoms. The van der Waals surface area contributed by atoms with Crippen molar-refractivity contribution in [2.75, 3.05) is 24.6 Å². The Morgan fingerprint density at radius 1 is 1.61 bits per heavy atom. The lowest BCUT2D eigenvalue weighted by Crippen LogP contribution is -2.25. The van der Waals surface area contributed by atoms with Gasteiger partial charge in [0, 0.05) is 25.4 Å². The van der Waals surface area contributed by atoms with Gasteiger partial charge in [-0.25, -0.2) is 4.98 Å². The first-order valence-corrected chi connectivity index (χ1v) is 6.29. The van der Waals surface area contributed by atoms with E-state index in [1.165, 1.54) is 0 Å². The van der Waals surface area contributed by atoms with E-state index in [4.69, 9.17) is 16.2 Å². The average Bonchev–Trinajstić information content (AvgIpc) is 2.77. The third-order valence-electron chi connectivity index (χ3n) is 3.43. The summed E-state index contributed by atoms with van der Waals surface area (Å²) < 4.78 is 0. The van der Waals surface area contributed by atoms with Crippen LogP contribution in [0.3, 0.4) is 0 Å². The summed E-state index contributed by atoms with van der Waals surface area (Å²) in [7, 11) is 0. The molecular formula is C13H20N4O. The van der Waals surface area contributed by atoms with Crippen LogP contribution in [0.4, 0.5) is 5.82 Å². The SMILES string of the molecule is Cc1ccc(C(=N)N)c(N2CCC(CCO)C2)n1. The number of hydrogen-bond acceptors (Lipinski definition) is 4. The number of nitrogens with zero attached hydrogens (tertiary/aromatic N) is 2. The zero-order chi connectivity index (χ0) is 13.1. The maximum Gasteiger partial charge on any atom is 0.139 e. The van der Waals surface area contributed by atoms with E-state index in [0.717, 1.165) is 37.4 Å². The van der Waals surface area contributed by atoms with Crippen molar-refractivity contribution >= 4 is 11.7 Å². The van der Waals surface area contributed by atoms with Crippen LogP contribution in [-0.4, -0.2) is 35.6 Å². The van der Waals surface area contributed by atoms with E-state index in [1.54, 1.807) is 0 Å². The Labute approximate surface area is 107 Å². The first-order chi connectivity index (χ1) is 8.61. The van der Waals surface area contributed by atoms with Crippen LogP contribution in [0.25, 0.3) is 0 Å². The standard InChI is InChI=1S/C13H20N4O/c1-9-2-3-11(12(14)15)13(16-9)17-6-4-10(8-17)5-7-18/h2-3,10,18H,4-8H2,1H3,(H3,14,15). The summed E-state index contributed by atoms with van der Waals surface area (Å²) in [5, 5.41) is 16.6. The molecule has 1 aromatic rings. The fourth-order valence-corrected chi connectivity index (χ4v) is 2.44. The molecule has 5 nitrogen and oxygen atoms in total. The number of aliphatic hydroxyl groups is 1. The summed E-state index contributed by atoms with van der Waals surface area (Å²) in [5.74, 6) is 1.38. The number of amidine groups is 1. The molecule has 18 heavy (non-hydrogen) atoms. The quantitative estimate of drug-likeness (QED) is 0.545. The van der Waals surface area contributed by atoms with E-state index < -0.39 is 0 Å². The van der Waals surface area contributed by atoms with Gasteiger partial charge in [-0.2, -0.15) is 0 Å². The number of aromatic nitrogens is 1. The van der Waals surface area contributed by atoms with Crippen molar-refractivity contribution in [3.8, 4) is 0 Å². The predicted molar refractivity (Wildman–Crippen MR) is 72.0 cm³/mol. The molecule has 98 valence electrons. The van der Waals surface area contributed by atoms with Crippen LogP contribution in [0.1, 0.15) is 24.1 Å². The summed E-state index contributed by atoms with van der Waals surface area (Å²) in [4.78, 5) is 6.68. The number of nitrogens with two attached hydrogens (primary N) is 1. The Morgan fingerprint density at radius 2 is 2.39 bits per heavy atom. The van der Waals surface area contributed by atoms with E-state index in [-0.39, 0.29) is 12.4 Å². The fourth-order valence-electron chi connectivity index (χ4n) is 2.44. The average molecular weight is 248 g/mol. The van der Waals surface area contributed by atoms with Crippen LogP contribution in [0.2, 0.25) is 0 Å². The van der Waals surface area contributed by atoms with Crippen molar-refractivity contribution in [2.24, 2.45) is 11.7 Å². The first kappa shape index (κ1) is 12.8. The smallest absolute Gasteiger partial charge is 0.139 e. The van der Waals surface area contributed by atoms with Crippen molar-refractivity contribution in [3.63, 3.8) is 0 Å². The minimum absolute atomic E-state index is 0.0584. The zero-order valence-electron chi connectivity index (χ0n) is 10.7. The molecule has 0 amide bonds. The second kappa shape index (κ2) is 5.35. The van der Waals surface area contributed by atoms with Gasteiger partial charge in [-0.05, 0) is 37.8 Å².